The van der Waals surface area contributed by atoms with Crippen molar-refractivity contribution in [1.82, 2.24) is 0 Å². The van der Waals surface area contributed by atoms with E-state index in [0.717, 1.165) is 22.6 Å². The third-order valence-electron chi connectivity index (χ3n) is 4.59. The summed E-state index contributed by atoms with van der Waals surface area (Å²) in [7, 11) is 3.27. The van der Waals surface area contributed by atoms with Crippen molar-refractivity contribution in [2.45, 2.75) is 31.5 Å². The second-order valence-electron chi connectivity index (χ2n) is 6.43. The molecule has 28 heavy (non-hydrogen) atoms. The molecule has 2 aromatic rings. The summed E-state index contributed by atoms with van der Waals surface area (Å²) in [6.45, 7) is 0.643. The van der Waals surface area contributed by atoms with E-state index in [0.29, 0.717) is 13.2 Å². The Morgan fingerprint density at radius 1 is 0.821 bits per heavy atom. The summed E-state index contributed by atoms with van der Waals surface area (Å²) < 4.78 is 28.0. The molecule has 0 radical (unpaired) electrons. The van der Waals surface area contributed by atoms with Crippen molar-refractivity contribution in [2.24, 2.45) is 0 Å². The van der Waals surface area contributed by atoms with Crippen LogP contribution in [-0.2, 0) is 27.4 Å². The first-order valence-corrected chi connectivity index (χ1v) is 9.15. The number of hydrogen-bond donors (Lipinski definition) is 1. The molecule has 0 unspecified atom stereocenters. The molecule has 0 amide bonds. The lowest BCUT2D eigenvalue weighted by Gasteiger charge is -2.33. The van der Waals surface area contributed by atoms with Gasteiger partial charge in [-0.3, -0.25) is 0 Å². The third kappa shape index (κ3) is 5.25. The Labute approximate surface area is 165 Å². The van der Waals surface area contributed by atoms with Crippen molar-refractivity contribution < 1.29 is 28.8 Å². The normalized spacial score (nSPS) is 21.2. The zero-order chi connectivity index (χ0) is 19.8. The van der Waals surface area contributed by atoms with Gasteiger partial charge in [-0.2, -0.15) is 0 Å². The van der Waals surface area contributed by atoms with Gasteiger partial charge in [0.25, 0.3) is 0 Å². The summed E-state index contributed by atoms with van der Waals surface area (Å²) in [6.07, 6.45) is 2.15. The van der Waals surface area contributed by atoms with Gasteiger partial charge in [-0.25, -0.2) is 0 Å². The molecule has 2 aromatic carbocycles. The smallest absolute Gasteiger partial charge is 0.150 e. The van der Waals surface area contributed by atoms with Gasteiger partial charge in [-0.15, -0.1) is 0 Å². The molecular formula is C22H26O6. The molecule has 3 atom stereocenters. The summed E-state index contributed by atoms with van der Waals surface area (Å²) in [5, 5.41) is 9.66. The maximum Gasteiger partial charge on any atom is 0.150 e. The minimum absolute atomic E-state index is 0.153. The maximum absolute atomic E-state index is 9.66. The molecule has 0 aliphatic carbocycles. The number of methoxy groups -OCH3 is 2. The molecule has 0 saturated carbocycles. The lowest BCUT2D eigenvalue weighted by molar-refractivity contribution is -0.140. The van der Waals surface area contributed by atoms with Crippen molar-refractivity contribution in [3.05, 3.63) is 72.0 Å². The Morgan fingerprint density at radius 2 is 1.36 bits per heavy atom. The number of hydrogen-bond acceptors (Lipinski definition) is 6. The van der Waals surface area contributed by atoms with Gasteiger partial charge in [-0.1, -0.05) is 24.3 Å². The average molecular weight is 386 g/mol. The van der Waals surface area contributed by atoms with Crippen molar-refractivity contribution in [3.63, 3.8) is 0 Å². The van der Waals surface area contributed by atoms with E-state index in [1.165, 1.54) is 0 Å². The molecule has 0 fully saturated rings. The van der Waals surface area contributed by atoms with Gasteiger partial charge in [0, 0.05) is 0 Å². The number of ether oxygens (including phenoxy) is 5. The SMILES string of the molecule is COc1ccc(CO[C@H]2[C@H](OCc3ccc(OC)cc3)C=CO[C@@H]2CO)cc1. The lowest BCUT2D eigenvalue weighted by atomic mass is 10.1. The van der Waals surface area contributed by atoms with E-state index >= 15 is 0 Å². The molecule has 1 N–H and O–H groups in total. The van der Waals surface area contributed by atoms with E-state index in [-0.39, 0.29) is 12.7 Å². The Balaban J connectivity index is 1.61. The van der Waals surface area contributed by atoms with Crippen molar-refractivity contribution in [3.8, 4) is 11.5 Å². The molecule has 150 valence electrons. The molecule has 0 aromatic heterocycles. The largest absolute Gasteiger partial charge is 0.497 e. The number of rotatable bonds is 9. The first-order chi connectivity index (χ1) is 13.7. The zero-order valence-electron chi connectivity index (χ0n) is 16.1. The first-order valence-electron chi connectivity index (χ1n) is 9.15. The monoisotopic (exact) mass is 386 g/mol. The maximum atomic E-state index is 9.66. The standard InChI is InChI=1S/C22H26O6/c1-24-18-7-3-16(4-8-18)14-27-20-11-12-26-21(13-23)22(20)28-15-17-5-9-19(25-2)10-6-17/h3-12,20-23H,13-15H2,1-2H3/t20-,21-,22+/m1/s1. The van der Waals surface area contributed by atoms with Crippen LogP contribution in [0.1, 0.15) is 11.1 Å². The molecule has 0 spiro atoms. The van der Waals surface area contributed by atoms with Crippen molar-refractivity contribution >= 4 is 0 Å². The Bertz CT molecular complexity index is 741. The van der Waals surface area contributed by atoms with Gasteiger partial charge >= 0.3 is 0 Å². The second-order valence-corrected chi connectivity index (χ2v) is 6.43. The third-order valence-corrected chi connectivity index (χ3v) is 4.59. The fourth-order valence-corrected chi connectivity index (χ4v) is 2.95. The lowest BCUT2D eigenvalue weighted by Crippen LogP contribution is -2.45. The number of aliphatic hydroxyl groups is 1. The van der Waals surface area contributed by atoms with Gasteiger partial charge in [-0.05, 0) is 41.5 Å². The van der Waals surface area contributed by atoms with E-state index in [4.69, 9.17) is 23.7 Å². The summed E-state index contributed by atoms with van der Waals surface area (Å²) in [4.78, 5) is 0. The van der Waals surface area contributed by atoms with Crippen LogP contribution in [0.4, 0.5) is 0 Å². The predicted molar refractivity (Wildman–Crippen MR) is 104 cm³/mol. The van der Waals surface area contributed by atoms with E-state index in [1.807, 2.05) is 54.6 Å². The predicted octanol–water partition coefficient (Wildman–Crippen LogP) is 3.08. The van der Waals surface area contributed by atoms with Crippen LogP contribution in [0.15, 0.2) is 60.9 Å². The van der Waals surface area contributed by atoms with Crippen LogP contribution in [0, 0.1) is 0 Å². The fourth-order valence-electron chi connectivity index (χ4n) is 2.95. The van der Waals surface area contributed by atoms with Gasteiger partial charge < -0.3 is 28.8 Å². The fraction of sp³-hybridized carbons (Fsp3) is 0.364. The van der Waals surface area contributed by atoms with Gasteiger partial charge in [0.1, 0.15) is 29.8 Å². The highest BCUT2D eigenvalue weighted by atomic mass is 16.6. The minimum Gasteiger partial charge on any atom is -0.497 e. The van der Waals surface area contributed by atoms with Crippen molar-refractivity contribution in [2.75, 3.05) is 20.8 Å². The molecule has 1 heterocycles. The highest BCUT2D eigenvalue weighted by Gasteiger charge is 2.33. The molecule has 6 heteroatoms. The summed E-state index contributed by atoms with van der Waals surface area (Å²) >= 11 is 0. The van der Waals surface area contributed by atoms with E-state index in [9.17, 15) is 5.11 Å². The number of aliphatic hydroxyl groups excluding tert-OH is 1. The second kappa shape index (κ2) is 10.1. The first kappa shape index (κ1) is 20.2. The van der Waals surface area contributed by atoms with E-state index in [1.54, 1.807) is 20.5 Å². The van der Waals surface area contributed by atoms with Gasteiger partial charge in [0.2, 0.25) is 0 Å². The van der Waals surface area contributed by atoms with Crippen LogP contribution in [0.2, 0.25) is 0 Å². The molecular weight excluding hydrogens is 360 g/mol. The van der Waals surface area contributed by atoms with Gasteiger partial charge in [0.15, 0.2) is 0 Å². The van der Waals surface area contributed by atoms with Crippen molar-refractivity contribution in [1.29, 1.82) is 0 Å². The molecule has 1 aliphatic heterocycles. The van der Waals surface area contributed by atoms with Crippen LogP contribution in [0.25, 0.3) is 0 Å². The Hall–Kier alpha value is -2.54. The Kier molecular flexibility index (Phi) is 7.31. The Morgan fingerprint density at radius 3 is 1.86 bits per heavy atom. The molecule has 1 aliphatic rings. The molecule has 0 saturated heterocycles. The van der Waals surface area contributed by atoms with Gasteiger partial charge in [0.05, 0.1) is 40.3 Å². The highest BCUT2D eigenvalue weighted by Crippen LogP contribution is 2.22. The topological polar surface area (TPSA) is 66.4 Å². The van der Waals surface area contributed by atoms with E-state index < -0.39 is 12.2 Å². The van der Waals surface area contributed by atoms with Crippen LogP contribution in [0.3, 0.4) is 0 Å². The summed E-state index contributed by atoms with van der Waals surface area (Å²) in [5.74, 6) is 1.59. The zero-order valence-corrected chi connectivity index (χ0v) is 16.1. The van der Waals surface area contributed by atoms with E-state index in [2.05, 4.69) is 0 Å². The molecule has 6 nitrogen and oxygen atoms in total. The van der Waals surface area contributed by atoms with Crippen LogP contribution in [-0.4, -0.2) is 44.2 Å². The molecule has 0 bridgehead atoms. The highest BCUT2D eigenvalue weighted by molar-refractivity contribution is 5.27. The summed E-state index contributed by atoms with van der Waals surface area (Å²) in [6, 6.07) is 15.4. The number of benzene rings is 2. The van der Waals surface area contributed by atoms with Crippen LogP contribution >= 0.6 is 0 Å². The minimum atomic E-state index is -0.482. The molecule has 3 rings (SSSR count). The van der Waals surface area contributed by atoms with Crippen LogP contribution in [0.5, 0.6) is 11.5 Å². The average Bonchev–Trinajstić information content (AvgIpc) is 2.77. The summed E-state index contributed by atoms with van der Waals surface area (Å²) in [5.41, 5.74) is 2.02. The van der Waals surface area contributed by atoms with Crippen LogP contribution < -0.4 is 9.47 Å². The quantitative estimate of drug-likeness (QED) is 0.715.